The van der Waals surface area contributed by atoms with Crippen molar-refractivity contribution in [1.82, 2.24) is 0 Å². The largest absolute Gasteiger partial charge is 0.508 e. The number of rotatable bonds is 2. The van der Waals surface area contributed by atoms with Crippen LogP contribution in [0.2, 0.25) is 0 Å². The first-order chi connectivity index (χ1) is 10.7. The number of phenols is 1. The van der Waals surface area contributed by atoms with Crippen molar-refractivity contribution in [2.75, 3.05) is 14.2 Å². The molecule has 114 valence electrons. The van der Waals surface area contributed by atoms with Crippen LogP contribution < -0.4 is 14.2 Å². The highest BCUT2D eigenvalue weighted by atomic mass is 16.7. The van der Waals surface area contributed by atoms with E-state index in [1.54, 1.807) is 26.4 Å². The first-order valence-corrected chi connectivity index (χ1v) is 7.08. The molecule has 2 aliphatic rings. The summed E-state index contributed by atoms with van der Waals surface area (Å²) in [6.07, 6.45) is -0.662. The number of phenolic OH excluding ortho intramolecular Hbond substituents is 1. The van der Waals surface area contributed by atoms with E-state index in [4.69, 9.17) is 18.9 Å². The number of aromatic hydroxyl groups is 1. The molecule has 22 heavy (non-hydrogen) atoms. The SMILES string of the molecule is COc1ccc2c(c1)O[C@@H]1c3ccc(O)cc3O[C@H](OC)[C@H]21. The molecule has 1 N–H and O–H groups in total. The zero-order valence-electron chi connectivity index (χ0n) is 12.3. The fourth-order valence-corrected chi connectivity index (χ4v) is 3.19. The molecule has 4 rings (SSSR count). The number of hydrogen-bond donors (Lipinski definition) is 1. The summed E-state index contributed by atoms with van der Waals surface area (Å²) in [7, 11) is 3.24. The van der Waals surface area contributed by atoms with Crippen LogP contribution in [0.5, 0.6) is 23.0 Å². The Hall–Kier alpha value is -2.40. The fraction of sp³-hybridized carbons (Fsp3) is 0.294. The van der Waals surface area contributed by atoms with E-state index in [1.807, 2.05) is 24.3 Å². The molecule has 2 heterocycles. The molecular weight excluding hydrogens is 284 g/mol. The van der Waals surface area contributed by atoms with E-state index in [0.717, 1.165) is 22.6 Å². The molecule has 2 aliphatic heterocycles. The lowest BCUT2D eigenvalue weighted by Crippen LogP contribution is -2.34. The van der Waals surface area contributed by atoms with Crippen LogP contribution in [0.4, 0.5) is 0 Å². The zero-order valence-corrected chi connectivity index (χ0v) is 12.3. The minimum atomic E-state index is -0.464. The summed E-state index contributed by atoms with van der Waals surface area (Å²) in [5.41, 5.74) is 1.95. The van der Waals surface area contributed by atoms with Gasteiger partial charge in [0.1, 0.15) is 29.1 Å². The van der Waals surface area contributed by atoms with E-state index in [-0.39, 0.29) is 17.8 Å². The molecule has 3 atom stereocenters. The molecule has 0 saturated heterocycles. The molecule has 0 saturated carbocycles. The van der Waals surface area contributed by atoms with Crippen molar-refractivity contribution in [2.45, 2.75) is 18.3 Å². The van der Waals surface area contributed by atoms with Gasteiger partial charge in [0.15, 0.2) is 0 Å². The fourth-order valence-electron chi connectivity index (χ4n) is 3.19. The van der Waals surface area contributed by atoms with Crippen LogP contribution in [-0.4, -0.2) is 25.6 Å². The average Bonchev–Trinajstić information content (AvgIpc) is 2.92. The second-order valence-electron chi connectivity index (χ2n) is 5.41. The number of fused-ring (bicyclic) bond motifs is 5. The van der Waals surface area contributed by atoms with E-state index in [0.29, 0.717) is 5.75 Å². The Balaban J connectivity index is 1.83. The molecule has 2 aromatic carbocycles. The van der Waals surface area contributed by atoms with Gasteiger partial charge in [0.25, 0.3) is 0 Å². The standard InChI is InChI=1S/C17H16O5/c1-19-10-4-6-11-14(8-10)21-16-12-5-3-9(18)7-13(12)22-17(20-2)15(11)16/h3-8,15-18H,1-2H3/t15-,16-,17+/m1/s1. The third kappa shape index (κ3) is 1.82. The molecule has 0 aliphatic carbocycles. The predicted octanol–water partition coefficient (Wildman–Crippen LogP) is 2.98. The highest BCUT2D eigenvalue weighted by Gasteiger charge is 2.47. The summed E-state index contributed by atoms with van der Waals surface area (Å²) >= 11 is 0. The Labute approximate surface area is 128 Å². The van der Waals surface area contributed by atoms with Crippen LogP contribution in [0.25, 0.3) is 0 Å². The van der Waals surface area contributed by atoms with Gasteiger partial charge < -0.3 is 24.1 Å². The molecule has 5 nitrogen and oxygen atoms in total. The Kier molecular flexibility index (Phi) is 2.90. The lowest BCUT2D eigenvalue weighted by molar-refractivity contribution is -0.0994. The van der Waals surface area contributed by atoms with Gasteiger partial charge in [-0.1, -0.05) is 6.07 Å². The van der Waals surface area contributed by atoms with Crippen LogP contribution >= 0.6 is 0 Å². The minimum Gasteiger partial charge on any atom is -0.508 e. The van der Waals surface area contributed by atoms with Gasteiger partial charge in [-0.2, -0.15) is 0 Å². The van der Waals surface area contributed by atoms with Crippen molar-refractivity contribution in [2.24, 2.45) is 0 Å². The summed E-state index contributed by atoms with van der Waals surface area (Å²) in [5.74, 6) is 2.22. The Morgan fingerprint density at radius 2 is 1.73 bits per heavy atom. The quantitative estimate of drug-likeness (QED) is 0.924. The molecule has 2 aromatic rings. The highest BCUT2D eigenvalue weighted by molar-refractivity contribution is 5.52. The second-order valence-corrected chi connectivity index (χ2v) is 5.41. The van der Waals surface area contributed by atoms with Crippen LogP contribution in [0.3, 0.4) is 0 Å². The van der Waals surface area contributed by atoms with Gasteiger partial charge in [-0.25, -0.2) is 0 Å². The molecular formula is C17H16O5. The molecule has 0 aromatic heterocycles. The van der Waals surface area contributed by atoms with Crippen molar-refractivity contribution in [3.63, 3.8) is 0 Å². The molecule has 0 spiro atoms. The van der Waals surface area contributed by atoms with E-state index in [2.05, 4.69) is 0 Å². The van der Waals surface area contributed by atoms with E-state index >= 15 is 0 Å². The monoisotopic (exact) mass is 300 g/mol. The third-order valence-electron chi connectivity index (χ3n) is 4.23. The average molecular weight is 300 g/mol. The first-order valence-electron chi connectivity index (χ1n) is 7.08. The lowest BCUT2D eigenvalue weighted by atomic mass is 9.88. The summed E-state index contributed by atoms with van der Waals surface area (Å²) < 4.78 is 22.8. The number of methoxy groups -OCH3 is 2. The molecule has 0 radical (unpaired) electrons. The molecule has 0 unspecified atom stereocenters. The van der Waals surface area contributed by atoms with Crippen molar-refractivity contribution in [3.8, 4) is 23.0 Å². The lowest BCUT2D eigenvalue weighted by Gasteiger charge is -2.33. The Morgan fingerprint density at radius 1 is 0.955 bits per heavy atom. The maximum absolute atomic E-state index is 9.65. The van der Waals surface area contributed by atoms with Gasteiger partial charge in [0.05, 0.1) is 13.0 Å². The first kappa shape index (κ1) is 13.3. The van der Waals surface area contributed by atoms with Gasteiger partial charge in [-0.15, -0.1) is 0 Å². The Morgan fingerprint density at radius 3 is 2.50 bits per heavy atom. The number of ether oxygens (including phenoxy) is 4. The summed E-state index contributed by atoms with van der Waals surface area (Å²) in [4.78, 5) is 0. The van der Waals surface area contributed by atoms with Crippen LogP contribution in [0.15, 0.2) is 36.4 Å². The molecule has 0 amide bonds. The summed E-state index contributed by atoms with van der Waals surface area (Å²) in [6, 6.07) is 10.8. The normalized spacial score (nSPS) is 24.5. The minimum absolute atomic E-state index is 0.0528. The smallest absolute Gasteiger partial charge is 0.210 e. The van der Waals surface area contributed by atoms with E-state index < -0.39 is 6.29 Å². The van der Waals surface area contributed by atoms with E-state index in [1.165, 1.54) is 0 Å². The summed E-state index contributed by atoms with van der Waals surface area (Å²) in [6.45, 7) is 0. The zero-order chi connectivity index (χ0) is 15.3. The maximum atomic E-state index is 9.65. The van der Waals surface area contributed by atoms with Gasteiger partial charge >= 0.3 is 0 Å². The molecule has 5 heteroatoms. The van der Waals surface area contributed by atoms with Crippen molar-refractivity contribution in [3.05, 3.63) is 47.5 Å². The topological polar surface area (TPSA) is 57.2 Å². The van der Waals surface area contributed by atoms with Crippen molar-refractivity contribution in [1.29, 1.82) is 0 Å². The molecule has 0 fully saturated rings. The van der Waals surface area contributed by atoms with Gasteiger partial charge in [0.2, 0.25) is 6.29 Å². The number of benzene rings is 2. The van der Waals surface area contributed by atoms with Crippen LogP contribution in [-0.2, 0) is 4.74 Å². The van der Waals surface area contributed by atoms with Crippen LogP contribution in [0.1, 0.15) is 23.1 Å². The second kappa shape index (κ2) is 4.81. The van der Waals surface area contributed by atoms with Gasteiger partial charge in [0, 0.05) is 30.4 Å². The van der Waals surface area contributed by atoms with Crippen molar-refractivity contribution < 1.29 is 24.1 Å². The van der Waals surface area contributed by atoms with Crippen LogP contribution in [0, 0.1) is 0 Å². The predicted molar refractivity (Wildman–Crippen MR) is 78.6 cm³/mol. The maximum Gasteiger partial charge on any atom is 0.210 e. The van der Waals surface area contributed by atoms with E-state index in [9.17, 15) is 5.11 Å². The molecule has 0 bridgehead atoms. The summed E-state index contributed by atoms with van der Waals surface area (Å²) in [5, 5.41) is 9.65. The third-order valence-corrected chi connectivity index (χ3v) is 4.23. The highest BCUT2D eigenvalue weighted by Crippen LogP contribution is 2.54. The Bertz CT molecular complexity index is 727. The number of hydrogen-bond acceptors (Lipinski definition) is 5. The van der Waals surface area contributed by atoms with Gasteiger partial charge in [-0.3, -0.25) is 0 Å². The van der Waals surface area contributed by atoms with Gasteiger partial charge in [-0.05, 0) is 18.2 Å². The van der Waals surface area contributed by atoms with Crippen molar-refractivity contribution >= 4 is 0 Å².